The van der Waals surface area contributed by atoms with Gasteiger partial charge in [-0.1, -0.05) is 11.6 Å². The van der Waals surface area contributed by atoms with Crippen molar-refractivity contribution in [1.82, 2.24) is 14.8 Å². The van der Waals surface area contributed by atoms with Crippen LogP contribution in [0.5, 0.6) is 17.2 Å². The standard InChI is InChI=1S/C25H24ClN3O4S/c1-31-20-5-3-18(4-6-20)25-27-19(15-34-25)14-28-8-10-29(11-9-28)23(30)7-2-17-12-21(26)24-22(13-17)32-16-33-24/h2-7,12-13,15H,8-11,14,16H2,1H3/b7-2+. The van der Waals surface area contributed by atoms with E-state index in [1.807, 2.05) is 35.2 Å². The molecule has 0 aliphatic carbocycles. The maximum Gasteiger partial charge on any atom is 0.246 e. The van der Waals surface area contributed by atoms with E-state index in [0.717, 1.165) is 47.2 Å². The number of halogens is 1. The second-order valence-corrected chi connectivity index (χ2v) is 9.31. The Morgan fingerprint density at radius 2 is 1.97 bits per heavy atom. The Kier molecular flexibility index (Phi) is 6.71. The van der Waals surface area contributed by atoms with Gasteiger partial charge < -0.3 is 19.1 Å². The first kappa shape index (κ1) is 22.7. The molecule has 7 nitrogen and oxygen atoms in total. The molecule has 1 amide bonds. The molecular formula is C25H24ClN3O4S. The fourth-order valence-corrected chi connectivity index (χ4v) is 5.05. The van der Waals surface area contributed by atoms with E-state index in [-0.39, 0.29) is 12.7 Å². The van der Waals surface area contributed by atoms with Gasteiger partial charge in [0.15, 0.2) is 11.5 Å². The molecule has 3 aromatic rings. The van der Waals surface area contributed by atoms with Gasteiger partial charge in [0.25, 0.3) is 0 Å². The van der Waals surface area contributed by atoms with Crippen LogP contribution in [0, 0.1) is 0 Å². The minimum atomic E-state index is -0.0103. The van der Waals surface area contributed by atoms with Gasteiger partial charge in [0.2, 0.25) is 12.7 Å². The predicted molar refractivity (Wildman–Crippen MR) is 133 cm³/mol. The second kappa shape index (κ2) is 10.0. The van der Waals surface area contributed by atoms with Crippen LogP contribution in [-0.4, -0.2) is 60.8 Å². The molecule has 2 aliphatic heterocycles. The van der Waals surface area contributed by atoms with Crippen molar-refractivity contribution in [3.8, 4) is 27.8 Å². The number of thiazole rings is 1. The number of fused-ring (bicyclic) bond motifs is 1. The minimum absolute atomic E-state index is 0.0103. The van der Waals surface area contributed by atoms with Crippen molar-refractivity contribution in [3.05, 3.63) is 64.1 Å². The van der Waals surface area contributed by atoms with Crippen LogP contribution in [0.25, 0.3) is 16.6 Å². The van der Waals surface area contributed by atoms with Crippen molar-refractivity contribution in [1.29, 1.82) is 0 Å². The number of ether oxygens (including phenoxy) is 3. The Morgan fingerprint density at radius 1 is 1.18 bits per heavy atom. The third kappa shape index (κ3) is 5.04. The van der Waals surface area contributed by atoms with E-state index in [1.165, 1.54) is 0 Å². The van der Waals surface area contributed by atoms with Crippen LogP contribution in [0.2, 0.25) is 5.02 Å². The average molecular weight is 498 g/mol. The largest absolute Gasteiger partial charge is 0.497 e. The first-order valence-corrected chi connectivity index (χ1v) is 12.2. The number of rotatable bonds is 6. The molecule has 0 atom stereocenters. The molecule has 1 aromatic heterocycles. The van der Waals surface area contributed by atoms with Crippen molar-refractivity contribution < 1.29 is 19.0 Å². The maximum absolute atomic E-state index is 12.7. The van der Waals surface area contributed by atoms with Gasteiger partial charge in [0, 0.05) is 49.7 Å². The fourth-order valence-electron chi connectivity index (χ4n) is 3.96. The van der Waals surface area contributed by atoms with Gasteiger partial charge in [-0.3, -0.25) is 9.69 Å². The molecule has 1 fully saturated rings. The summed E-state index contributed by atoms with van der Waals surface area (Å²) in [5.74, 6) is 1.98. The maximum atomic E-state index is 12.7. The van der Waals surface area contributed by atoms with Crippen LogP contribution in [0.3, 0.4) is 0 Å². The molecular weight excluding hydrogens is 474 g/mol. The molecule has 0 spiro atoms. The van der Waals surface area contributed by atoms with Crippen LogP contribution in [-0.2, 0) is 11.3 Å². The molecule has 0 unspecified atom stereocenters. The highest BCUT2D eigenvalue weighted by Crippen LogP contribution is 2.40. The fraction of sp³-hybridized carbons (Fsp3) is 0.280. The van der Waals surface area contributed by atoms with Crippen molar-refractivity contribution in [3.63, 3.8) is 0 Å². The zero-order valence-electron chi connectivity index (χ0n) is 18.7. The Morgan fingerprint density at radius 3 is 2.74 bits per heavy atom. The molecule has 176 valence electrons. The lowest BCUT2D eigenvalue weighted by atomic mass is 10.2. The van der Waals surface area contributed by atoms with Crippen LogP contribution in [0.1, 0.15) is 11.3 Å². The number of amides is 1. The highest BCUT2D eigenvalue weighted by Gasteiger charge is 2.21. The summed E-state index contributed by atoms with van der Waals surface area (Å²) in [6.45, 7) is 3.92. The Hall–Kier alpha value is -3.07. The molecule has 3 heterocycles. The van der Waals surface area contributed by atoms with E-state index in [0.29, 0.717) is 29.6 Å². The van der Waals surface area contributed by atoms with Crippen LogP contribution >= 0.6 is 22.9 Å². The molecule has 0 bridgehead atoms. The summed E-state index contributed by atoms with van der Waals surface area (Å²) in [6.07, 6.45) is 3.35. The first-order valence-electron chi connectivity index (χ1n) is 11.0. The number of methoxy groups -OCH3 is 1. The molecule has 0 radical (unpaired) electrons. The summed E-state index contributed by atoms with van der Waals surface area (Å²) in [5, 5.41) is 3.59. The number of carbonyl (C=O) groups excluding carboxylic acids is 1. The number of aromatic nitrogens is 1. The molecule has 2 aliphatic rings. The summed E-state index contributed by atoms with van der Waals surface area (Å²) in [7, 11) is 1.66. The monoisotopic (exact) mass is 497 g/mol. The smallest absolute Gasteiger partial charge is 0.246 e. The van der Waals surface area contributed by atoms with E-state index >= 15 is 0 Å². The summed E-state index contributed by atoms with van der Waals surface area (Å²) in [6, 6.07) is 11.5. The molecule has 0 N–H and O–H groups in total. The van der Waals surface area contributed by atoms with Gasteiger partial charge in [-0.25, -0.2) is 4.98 Å². The van der Waals surface area contributed by atoms with Gasteiger partial charge in [-0.05, 0) is 48.0 Å². The topological polar surface area (TPSA) is 64.1 Å². The number of piperazine rings is 1. The van der Waals surface area contributed by atoms with E-state index in [1.54, 1.807) is 36.7 Å². The molecule has 34 heavy (non-hydrogen) atoms. The lowest BCUT2D eigenvalue weighted by Gasteiger charge is -2.33. The predicted octanol–water partition coefficient (Wildman–Crippen LogP) is 4.56. The summed E-state index contributed by atoms with van der Waals surface area (Å²) in [5.41, 5.74) is 2.94. The van der Waals surface area contributed by atoms with E-state index in [9.17, 15) is 4.79 Å². The number of benzene rings is 2. The Balaban J connectivity index is 1.13. The molecule has 0 saturated carbocycles. The van der Waals surface area contributed by atoms with Gasteiger partial charge >= 0.3 is 0 Å². The second-order valence-electron chi connectivity index (χ2n) is 8.04. The number of nitrogens with zero attached hydrogens (tertiary/aromatic N) is 3. The van der Waals surface area contributed by atoms with Gasteiger partial charge in [0.1, 0.15) is 10.8 Å². The quantitative estimate of drug-likeness (QED) is 0.465. The van der Waals surface area contributed by atoms with Gasteiger partial charge in [-0.15, -0.1) is 11.3 Å². The zero-order valence-corrected chi connectivity index (χ0v) is 20.3. The van der Waals surface area contributed by atoms with Gasteiger partial charge in [0.05, 0.1) is 17.8 Å². The van der Waals surface area contributed by atoms with E-state index in [4.69, 9.17) is 30.8 Å². The SMILES string of the molecule is COc1ccc(-c2nc(CN3CCN(C(=O)/C=C/c4cc(Cl)c5c(c4)OCO5)CC3)cs2)cc1. The first-order chi connectivity index (χ1) is 16.6. The summed E-state index contributed by atoms with van der Waals surface area (Å²) in [4.78, 5) is 21.7. The Labute approximate surface area is 207 Å². The molecule has 5 rings (SSSR count). The highest BCUT2D eigenvalue weighted by atomic mass is 35.5. The molecule has 2 aromatic carbocycles. The number of carbonyl (C=O) groups is 1. The minimum Gasteiger partial charge on any atom is -0.497 e. The van der Waals surface area contributed by atoms with Gasteiger partial charge in [-0.2, -0.15) is 0 Å². The Bertz CT molecular complexity index is 1200. The molecule has 1 saturated heterocycles. The zero-order chi connectivity index (χ0) is 23.5. The average Bonchev–Trinajstić information content (AvgIpc) is 3.53. The van der Waals surface area contributed by atoms with E-state index < -0.39 is 0 Å². The van der Waals surface area contributed by atoms with Crippen molar-refractivity contribution >= 4 is 34.9 Å². The van der Waals surface area contributed by atoms with Crippen LogP contribution in [0.4, 0.5) is 0 Å². The third-order valence-corrected chi connectivity index (χ3v) is 7.05. The summed E-state index contributed by atoms with van der Waals surface area (Å²) >= 11 is 7.87. The summed E-state index contributed by atoms with van der Waals surface area (Å²) < 4.78 is 15.9. The lowest BCUT2D eigenvalue weighted by molar-refractivity contribution is -0.127. The number of hydrogen-bond donors (Lipinski definition) is 0. The van der Waals surface area contributed by atoms with E-state index in [2.05, 4.69) is 10.3 Å². The van der Waals surface area contributed by atoms with Crippen LogP contribution in [0.15, 0.2) is 47.9 Å². The van der Waals surface area contributed by atoms with Crippen molar-refractivity contribution in [2.45, 2.75) is 6.54 Å². The van der Waals surface area contributed by atoms with Crippen molar-refractivity contribution in [2.24, 2.45) is 0 Å². The lowest BCUT2D eigenvalue weighted by Crippen LogP contribution is -2.47. The normalized spacial score (nSPS) is 15.8. The molecule has 9 heteroatoms. The third-order valence-electron chi connectivity index (χ3n) is 5.83. The highest BCUT2D eigenvalue weighted by molar-refractivity contribution is 7.13. The van der Waals surface area contributed by atoms with Crippen molar-refractivity contribution in [2.75, 3.05) is 40.1 Å². The van der Waals surface area contributed by atoms with Crippen LogP contribution < -0.4 is 14.2 Å². The number of hydrogen-bond acceptors (Lipinski definition) is 7.